The number of alkyl halides is 1. The van der Waals surface area contributed by atoms with Crippen molar-refractivity contribution in [1.82, 2.24) is 16.5 Å². The second kappa shape index (κ2) is 12.7. The number of sulfone groups is 1. The molecule has 8 nitrogen and oxygen atoms in total. The van der Waals surface area contributed by atoms with Crippen LogP contribution in [0.15, 0.2) is 116 Å². The second-order valence-electron chi connectivity index (χ2n) is 11.7. The molecule has 0 unspecified atom stereocenters. The van der Waals surface area contributed by atoms with E-state index in [0.717, 1.165) is 40.5 Å². The van der Waals surface area contributed by atoms with Gasteiger partial charge in [0.25, 0.3) is 0 Å². The van der Waals surface area contributed by atoms with Crippen LogP contribution in [0.25, 0.3) is 27.8 Å². The van der Waals surface area contributed by atoms with E-state index in [0.29, 0.717) is 18.5 Å². The Morgan fingerprint density at radius 2 is 1.06 bits per heavy atom. The minimum absolute atomic E-state index is 0.122. The lowest BCUT2D eigenvalue weighted by Gasteiger charge is -2.34. The Balaban J connectivity index is 1.38. The third-order valence-electron chi connectivity index (χ3n) is 9.63. The predicted molar refractivity (Wildman–Crippen MR) is 205 cm³/mol. The number of para-hydroxylation sites is 4. The molecule has 244 valence electrons. The van der Waals surface area contributed by atoms with Crippen molar-refractivity contribution < 1.29 is 8.42 Å². The molecule has 0 bridgehead atoms. The van der Waals surface area contributed by atoms with E-state index >= 15 is 0 Å². The molecule has 0 spiro atoms. The van der Waals surface area contributed by atoms with Gasteiger partial charge in [-0.3, -0.25) is 13.7 Å². The van der Waals surface area contributed by atoms with Crippen molar-refractivity contribution in [3.63, 3.8) is 0 Å². The van der Waals surface area contributed by atoms with E-state index in [2.05, 4.69) is 50.3 Å². The third kappa shape index (κ3) is 5.23. The van der Waals surface area contributed by atoms with Crippen molar-refractivity contribution in [2.75, 3.05) is 0 Å². The summed E-state index contributed by atoms with van der Waals surface area (Å²) in [5.74, 6) is 0. The van der Waals surface area contributed by atoms with Gasteiger partial charge in [-0.25, -0.2) is 20.8 Å². The Morgan fingerprint density at radius 1 is 0.596 bits per heavy atom. The summed E-state index contributed by atoms with van der Waals surface area (Å²) >= 11 is 4.41. The predicted octanol–water partition coefficient (Wildman–Crippen LogP) is 8.41. The van der Waals surface area contributed by atoms with E-state index in [9.17, 15) is 18.0 Å². The van der Waals surface area contributed by atoms with Gasteiger partial charge >= 0.3 is 11.4 Å². The van der Waals surface area contributed by atoms with Crippen LogP contribution in [0.3, 0.4) is 0 Å². The normalized spacial score (nSPS) is 12.7. The maximum Gasteiger partial charge on any atom is 0.338 e. The number of rotatable bonds is 10. The molecule has 11 heteroatoms. The fraction of sp³-hybridized carbons (Fsp3) is 0.278. The van der Waals surface area contributed by atoms with Crippen molar-refractivity contribution in [3.8, 4) is 5.69 Å². The van der Waals surface area contributed by atoms with Crippen LogP contribution < -0.4 is 11.4 Å². The molecular weight excluding hydrogens is 838 g/mol. The average Bonchev–Trinajstić information content (AvgIpc) is 3.55. The first-order chi connectivity index (χ1) is 22.5. The first kappa shape index (κ1) is 33.7. The third-order valence-corrected chi connectivity index (χ3v) is 14.4. The molecule has 0 aliphatic rings. The number of benzene rings is 4. The number of hydrogen-bond acceptors (Lipinski definition) is 4. The molecule has 0 aliphatic heterocycles. The Labute approximate surface area is 301 Å². The highest BCUT2D eigenvalue weighted by Gasteiger charge is 2.35. The minimum Gasteiger partial charge on any atom is -0.281 e. The minimum atomic E-state index is -3.86. The number of nitrogens with zero attached hydrogens (tertiary/aromatic N) is 4. The largest absolute Gasteiger partial charge is 0.338 e. The Morgan fingerprint density at radius 3 is 1.57 bits per heavy atom. The van der Waals surface area contributed by atoms with E-state index in [1.165, 1.54) is 0 Å². The molecule has 47 heavy (non-hydrogen) atoms. The molecule has 2 heterocycles. The van der Waals surface area contributed by atoms with E-state index in [-0.39, 0.29) is 24.7 Å². The highest BCUT2D eigenvalue weighted by Crippen LogP contribution is 2.38. The van der Waals surface area contributed by atoms with Crippen molar-refractivity contribution in [1.29, 1.82) is 0 Å². The fourth-order valence-corrected chi connectivity index (χ4v) is 9.19. The smallest absolute Gasteiger partial charge is 0.281 e. The van der Waals surface area contributed by atoms with Gasteiger partial charge < -0.3 is 0 Å². The van der Waals surface area contributed by atoms with Gasteiger partial charge in [0.15, 0.2) is 0 Å². The zero-order valence-corrected chi connectivity index (χ0v) is 31.8. The highest BCUT2D eigenvalue weighted by molar-refractivity contribution is 14.1. The Kier molecular flexibility index (Phi) is 9.11. The van der Waals surface area contributed by atoms with Crippen LogP contribution in [0.5, 0.6) is 0 Å². The molecule has 2 aromatic heterocycles. The number of hydrogen-bond donors (Lipinski definition) is 0. The number of fused-ring (bicyclic) bond motifs is 2. The lowest BCUT2D eigenvalue weighted by atomic mass is 9.84. The molecule has 0 radical (unpaired) electrons. The maximum absolute atomic E-state index is 13.9. The van der Waals surface area contributed by atoms with E-state index in [4.69, 9.17) is 0 Å². The molecule has 6 aromatic rings. The van der Waals surface area contributed by atoms with Crippen LogP contribution >= 0.6 is 45.5 Å². The molecule has 0 atom stereocenters. The molecule has 0 amide bonds. The van der Waals surface area contributed by atoms with Crippen LogP contribution in [-0.4, -0.2) is 24.9 Å². The standard InChI is InChI=1S/C36H36I2N4O4S/c1-5-35(6-2,40-31-15-11-12-16-32(31)42(38)34(40)44)25-17-21-27(22-18-25)47(45,46)28-23-19-26(20-24-28)39-29-13-9-10-14-30(29)41(33(39)43)36(37,7-3)8-4/h9-24H,5-8H2,1-4H3. The van der Waals surface area contributed by atoms with E-state index in [1.54, 1.807) is 43.7 Å². The summed E-state index contributed by atoms with van der Waals surface area (Å²) in [6.07, 6.45) is 2.85. The van der Waals surface area contributed by atoms with Crippen LogP contribution in [0.4, 0.5) is 0 Å². The zero-order chi connectivity index (χ0) is 33.7. The molecule has 0 saturated carbocycles. The van der Waals surface area contributed by atoms with Crippen LogP contribution in [0.1, 0.15) is 58.9 Å². The van der Waals surface area contributed by atoms with Crippen LogP contribution in [0.2, 0.25) is 0 Å². The lowest BCUT2D eigenvalue weighted by molar-refractivity contribution is 0.328. The molecule has 0 fully saturated rings. The van der Waals surface area contributed by atoms with Gasteiger partial charge in [-0.2, -0.15) is 0 Å². The zero-order valence-electron chi connectivity index (χ0n) is 26.7. The average molecular weight is 875 g/mol. The molecule has 6 rings (SSSR count). The lowest BCUT2D eigenvalue weighted by Crippen LogP contribution is -2.41. The number of imidazole rings is 2. The number of aromatic nitrogens is 4. The van der Waals surface area contributed by atoms with Gasteiger partial charge in [0.2, 0.25) is 9.84 Å². The monoisotopic (exact) mass is 874 g/mol. The maximum atomic E-state index is 13.9. The van der Waals surface area contributed by atoms with Gasteiger partial charge in [-0.05, 0) is 91.9 Å². The highest BCUT2D eigenvalue weighted by atomic mass is 127. The first-order valence-electron chi connectivity index (χ1n) is 15.8. The summed E-state index contributed by atoms with van der Waals surface area (Å²) in [4.78, 5) is 27.7. The van der Waals surface area contributed by atoms with Crippen molar-refractivity contribution >= 4 is 77.4 Å². The molecule has 0 saturated heterocycles. The van der Waals surface area contributed by atoms with Crippen LogP contribution in [-0.2, 0) is 18.9 Å². The number of halogens is 2. The van der Waals surface area contributed by atoms with Gasteiger partial charge in [0.1, 0.15) is 3.55 Å². The fourth-order valence-electron chi connectivity index (χ4n) is 6.84. The summed E-state index contributed by atoms with van der Waals surface area (Å²) in [7, 11) is -3.86. The van der Waals surface area contributed by atoms with Crippen LogP contribution in [0, 0.1) is 0 Å². The summed E-state index contributed by atoms with van der Waals surface area (Å²) in [6.45, 7) is 8.26. The topological polar surface area (TPSA) is 88.0 Å². The van der Waals surface area contributed by atoms with Crippen molar-refractivity contribution in [3.05, 3.63) is 124 Å². The summed E-state index contributed by atoms with van der Waals surface area (Å²) in [5, 5.41) is 0. The van der Waals surface area contributed by atoms with E-state index < -0.39 is 15.4 Å². The van der Waals surface area contributed by atoms with Crippen molar-refractivity contribution in [2.45, 2.75) is 72.3 Å². The quantitative estimate of drug-likeness (QED) is 0.102. The van der Waals surface area contributed by atoms with Crippen molar-refractivity contribution in [2.24, 2.45) is 0 Å². The molecular formula is C36H36I2N4O4S. The summed E-state index contributed by atoms with van der Waals surface area (Å²) in [6, 6.07) is 28.8. The first-order valence-corrected chi connectivity index (χ1v) is 19.3. The molecule has 0 aliphatic carbocycles. The Bertz CT molecular complexity index is 2330. The van der Waals surface area contributed by atoms with Gasteiger partial charge in [0.05, 0.1) is 65.9 Å². The SMILES string of the molecule is CCC(I)(CC)n1c(=O)n(-c2ccc(S(=O)(=O)c3ccc(C(CC)(CC)n4c(=O)n(I)c5ccccc54)cc3)cc2)c2ccccc21. The van der Waals surface area contributed by atoms with Gasteiger partial charge in [-0.15, -0.1) is 0 Å². The Hall–Kier alpha value is -3.17. The summed E-state index contributed by atoms with van der Waals surface area (Å²) < 4.78 is 34.3. The molecule has 4 aromatic carbocycles. The van der Waals surface area contributed by atoms with Gasteiger partial charge in [-0.1, -0.05) is 86.7 Å². The second-order valence-corrected chi connectivity index (χ2v) is 16.6. The van der Waals surface area contributed by atoms with Gasteiger partial charge in [0, 0.05) is 0 Å². The molecule has 0 N–H and O–H groups in total. The summed E-state index contributed by atoms with van der Waals surface area (Å²) in [5.41, 5.74) is 3.81. The van der Waals surface area contributed by atoms with E-state index in [1.807, 2.05) is 92.7 Å².